The Morgan fingerprint density at radius 2 is 1.59 bits per heavy atom. The lowest BCUT2D eigenvalue weighted by molar-refractivity contribution is 0.0903. The highest BCUT2D eigenvalue weighted by Gasteiger charge is 2.34. The van der Waals surface area contributed by atoms with Crippen LogP contribution in [0.1, 0.15) is 26.3 Å². The molecule has 3 aromatic rings. The minimum absolute atomic E-state index is 0.252. The van der Waals surface area contributed by atoms with Crippen LogP contribution in [-0.4, -0.2) is 11.8 Å². The molecule has 0 saturated heterocycles. The molecule has 2 amide bonds. The Morgan fingerprint density at radius 1 is 0.909 bits per heavy atom. The molecule has 1 aliphatic heterocycles. The molecule has 3 nitrogen and oxygen atoms in total. The van der Waals surface area contributed by atoms with Crippen molar-refractivity contribution < 1.29 is 9.59 Å². The van der Waals surface area contributed by atoms with Gasteiger partial charge in [-0.25, -0.2) is 4.90 Å². The van der Waals surface area contributed by atoms with Gasteiger partial charge in [-0.3, -0.25) is 9.59 Å². The van der Waals surface area contributed by atoms with Gasteiger partial charge in [0.25, 0.3) is 11.8 Å². The van der Waals surface area contributed by atoms with E-state index >= 15 is 0 Å². The third-order valence-corrected chi connectivity index (χ3v) is 4.06. The summed E-state index contributed by atoms with van der Waals surface area (Å²) in [6, 6.07) is 18.5. The highest BCUT2D eigenvalue weighted by Crippen LogP contribution is 2.37. The molecule has 0 spiro atoms. The molecule has 3 heteroatoms. The predicted octanol–water partition coefficient (Wildman–Crippen LogP) is 3.95. The van der Waals surface area contributed by atoms with E-state index in [1.54, 1.807) is 18.2 Å². The van der Waals surface area contributed by atoms with Gasteiger partial charge in [-0.1, -0.05) is 42.0 Å². The Kier molecular flexibility index (Phi) is 2.63. The predicted molar refractivity (Wildman–Crippen MR) is 86.3 cm³/mol. The Hall–Kier alpha value is -2.94. The van der Waals surface area contributed by atoms with E-state index in [-0.39, 0.29) is 11.8 Å². The Morgan fingerprint density at radius 3 is 2.32 bits per heavy atom. The number of carbonyl (C=O) groups excluding carboxylic acids is 2. The number of hydrogen-bond donors (Lipinski definition) is 0. The smallest absolute Gasteiger partial charge is 0.266 e. The van der Waals surface area contributed by atoms with Gasteiger partial charge in [-0.05, 0) is 36.6 Å². The van der Waals surface area contributed by atoms with Gasteiger partial charge in [0.1, 0.15) is 0 Å². The number of benzene rings is 3. The summed E-state index contributed by atoms with van der Waals surface area (Å²) >= 11 is 0. The van der Waals surface area contributed by atoms with Crippen molar-refractivity contribution in [2.45, 2.75) is 6.92 Å². The highest BCUT2D eigenvalue weighted by molar-refractivity contribution is 6.36. The van der Waals surface area contributed by atoms with Crippen molar-refractivity contribution in [3.8, 4) is 0 Å². The Balaban J connectivity index is 1.88. The summed E-state index contributed by atoms with van der Waals surface area (Å²) in [7, 11) is 0. The van der Waals surface area contributed by atoms with Crippen LogP contribution >= 0.6 is 0 Å². The first-order chi connectivity index (χ1) is 10.7. The molecular weight excluding hydrogens is 274 g/mol. The molecule has 0 aliphatic carbocycles. The van der Waals surface area contributed by atoms with Crippen molar-refractivity contribution in [1.29, 1.82) is 0 Å². The fourth-order valence-electron chi connectivity index (χ4n) is 2.94. The van der Waals surface area contributed by atoms with Crippen LogP contribution in [0.4, 0.5) is 5.69 Å². The maximum Gasteiger partial charge on any atom is 0.266 e. The molecule has 0 unspecified atom stereocenters. The van der Waals surface area contributed by atoms with Crippen LogP contribution in [-0.2, 0) is 0 Å². The van der Waals surface area contributed by atoms with Gasteiger partial charge in [0.15, 0.2) is 0 Å². The van der Waals surface area contributed by atoms with Crippen LogP contribution in [0.15, 0.2) is 60.7 Å². The van der Waals surface area contributed by atoms with E-state index < -0.39 is 0 Å². The number of amides is 2. The van der Waals surface area contributed by atoms with Gasteiger partial charge in [-0.2, -0.15) is 0 Å². The minimum atomic E-state index is -0.284. The van der Waals surface area contributed by atoms with Crippen molar-refractivity contribution >= 4 is 28.3 Å². The van der Waals surface area contributed by atoms with Crippen molar-refractivity contribution in [2.75, 3.05) is 4.90 Å². The number of rotatable bonds is 1. The summed E-state index contributed by atoms with van der Waals surface area (Å²) in [5.41, 5.74) is 2.86. The van der Waals surface area contributed by atoms with Gasteiger partial charge < -0.3 is 0 Å². The fraction of sp³-hybridized carbons (Fsp3) is 0.0526. The lowest BCUT2D eigenvalue weighted by Crippen LogP contribution is -2.33. The number of imide groups is 1. The zero-order valence-corrected chi connectivity index (χ0v) is 12.0. The second-order valence-electron chi connectivity index (χ2n) is 5.49. The van der Waals surface area contributed by atoms with E-state index in [1.165, 1.54) is 4.90 Å². The van der Waals surface area contributed by atoms with E-state index in [2.05, 4.69) is 0 Å². The minimum Gasteiger partial charge on any atom is -0.268 e. The normalized spacial score (nSPS) is 13.0. The largest absolute Gasteiger partial charge is 0.268 e. The summed E-state index contributed by atoms with van der Waals surface area (Å²) in [6.07, 6.45) is 0. The van der Waals surface area contributed by atoms with Crippen LogP contribution in [0, 0.1) is 6.92 Å². The molecule has 0 radical (unpaired) electrons. The van der Waals surface area contributed by atoms with Crippen LogP contribution in [0.2, 0.25) is 0 Å². The highest BCUT2D eigenvalue weighted by atomic mass is 16.2. The molecule has 4 rings (SSSR count). The first-order valence-electron chi connectivity index (χ1n) is 7.14. The van der Waals surface area contributed by atoms with E-state index in [0.717, 1.165) is 16.3 Å². The van der Waals surface area contributed by atoms with E-state index in [1.807, 2.05) is 49.4 Å². The average Bonchev–Trinajstić information content (AvgIpc) is 2.83. The average molecular weight is 287 g/mol. The van der Waals surface area contributed by atoms with Gasteiger partial charge in [0.05, 0.1) is 11.3 Å². The number of anilines is 1. The SMILES string of the molecule is Cc1ccc(C(=O)N2C(=O)c3cccc4cccc2c34)cc1. The molecule has 0 N–H and O–H groups in total. The van der Waals surface area contributed by atoms with E-state index in [9.17, 15) is 9.59 Å². The molecule has 0 atom stereocenters. The van der Waals surface area contributed by atoms with Crippen molar-refractivity contribution in [2.24, 2.45) is 0 Å². The number of aryl methyl sites for hydroxylation is 1. The monoisotopic (exact) mass is 287 g/mol. The molecule has 3 aromatic carbocycles. The summed E-state index contributed by atoms with van der Waals surface area (Å²) in [5.74, 6) is -0.536. The van der Waals surface area contributed by atoms with Gasteiger partial charge in [0.2, 0.25) is 0 Å². The van der Waals surface area contributed by atoms with Gasteiger partial charge >= 0.3 is 0 Å². The first kappa shape index (κ1) is 12.8. The third-order valence-electron chi connectivity index (χ3n) is 4.06. The molecule has 106 valence electrons. The molecule has 0 aromatic heterocycles. The van der Waals surface area contributed by atoms with Crippen LogP contribution in [0.3, 0.4) is 0 Å². The van der Waals surface area contributed by atoms with Gasteiger partial charge in [-0.15, -0.1) is 0 Å². The summed E-state index contributed by atoms with van der Waals surface area (Å²) in [4.78, 5) is 26.7. The van der Waals surface area contributed by atoms with Gasteiger partial charge in [0, 0.05) is 10.9 Å². The van der Waals surface area contributed by atoms with Crippen molar-refractivity contribution in [1.82, 2.24) is 0 Å². The molecule has 0 fully saturated rings. The molecular formula is C19H13NO2. The van der Waals surface area contributed by atoms with Crippen LogP contribution in [0.25, 0.3) is 10.8 Å². The molecule has 0 saturated carbocycles. The Bertz CT molecular complexity index is 921. The summed E-state index contributed by atoms with van der Waals surface area (Å²) in [6.45, 7) is 1.96. The number of carbonyl (C=O) groups is 2. The maximum absolute atomic E-state index is 12.8. The van der Waals surface area contributed by atoms with E-state index in [4.69, 9.17) is 0 Å². The van der Waals surface area contributed by atoms with Crippen LogP contribution < -0.4 is 4.90 Å². The van der Waals surface area contributed by atoms with Crippen molar-refractivity contribution in [3.05, 3.63) is 77.4 Å². The lowest BCUT2D eigenvalue weighted by atomic mass is 10.1. The topological polar surface area (TPSA) is 37.4 Å². The molecule has 1 heterocycles. The maximum atomic E-state index is 12.8. The zero-order valence-electron chi connectivity index (χ0n) is 12.0. The van der Waals surface area contributed by atoms with E-state index in [0.29, 0.717) is 16.8 Å². The fourth-order valence-corrected chi connectivity index (χ4v) is 2.94. The molecule has 1 aliphatic rings. The second-order valence-corrected chi connectivity index (χ2v) is 5.49. The Labute approximate surface area is 127 Å². The second kappa shape index (κ2) is 4.53. The standard InChI is InChI=1S/C19H13NO2/c1-12-8-10-14(11-9-12)18(21)20-16-7-3-5-13-4-2-6-15(17(13)16)19(20)22/h2-11H,1H3. The molecule has 22 heavy (non-hydrogen) atoms. The number of hydrogen-bond acceptors (Lipinski definition) is 2. The third kappa shape index (κ3) is 1.69. The summed E-state index contributed by atoms with van der Waals surface area (Å²) < 4.78 is 0. The van der Waals surface area contributed by atoms with Crippen LogP contribution in [0.5, 0.6) is 0 Å². The summed E-state index contributed by atoms with van der Waals surface area (Å²) in [5, 5.41) is 1.83. The molecule has 0 bridgehead atoms. The van der Waals surface area contributed by atoms with Crippen molar-refractivity contribution in [3.63, 3.8) is 0 Å². The number of nitrogens with zero attached hydrogens (tertiary/aromatic N) is 1. The first-order valence-corrected chi connectivity index (χ1v) is 7.14. The lowest BCUT2D eigenvalue weighted by Gasteiger charge is -2.15. The zero-order chi connectivity index (χ0) is 15.3. The quantitative estimate of drug-likeness (QED) is 0.635.